The first-order chi connectivity index (χ1) is 10.9. The number of carbonyl (C=O) groups excluding carboxylic acids is 1. The molecule has 2 aromatic heterocycles. The highest BCUT2D eigenvalue weighted by Gasteiger charge is 2.15. The summed E-state index contributed by atoms with van der Waals surface area (Å²) in [6.07, 6.45) is 0. The molecule has 0 saturated heterocycles. The summed E-state index contributed by atoms with van der Waals surface area (Å²) < 4.78 is 1.04. The summed E-state index contributed by atoms with van der Waals surface area (Å²) >= 11 is 17.6. The molecule has 3 rings (SSSR count). The largest absolute Gasteiger partial charge is 0.293 e. The van der Waals surface area contributed by atoms with Crippen LogP contribution in [0.15, 0.2) is 23.0 Å². The Kier molecular flexibility index (Phi) is 4.01. The van der Waals surface area contributed by atoms with Crippen LogP contribution in [0.4, 0.5) is 5.95 Å². The highest BCUT2D eigenvalue weighted by Crippen LogP contribution is 2.21. The van der Waals surface area contributed by atoms with Crippen molar-refractivity contribution < 1.29 is 4.79 Å². The van der Waals surface area contributed by atoms with Crippen LogP contribution in [0.2, 0.25) is 15.1 Å². The number of H-pyrrole nitrogens is 1. The Labute approximate surface area is 144 Å². The van der Waals surface area contributed by atoms with E-state index in [1.807, 2.05) is 0 Å². The van der Waals surface area contributed by atoms with E-state index in [1.54, 1.807) is 6.92 Å². The van der Waals surface area contributed by atoms with Gasteiger partial charge in [0.05, 0.1) is 16.3 Å². The molecular weight excluding hydrogens is 365 g/mol. The number of carbonyl (C=O) groups is 1. The summed E-state index contributed by atoms with van der Waals surface area (Å²) in [6, 6.07) is 4.47. The zero-order valence-electron chi connectivity index (χ0n) is 11.5. The number of halogens is 3. The van der Waals surface area contributed by atoms with Gasteiger partial charge in [-0.2, -0.15) is 9.50 Å². The number of aryl methyl sites for hydroxylation is 1. The van der Waals surface area contributed by atoms with Crippen molar-refractivity contribution in [1.29, 1.82) is 0 Å². The highest BCUT2D eigenvalue weighted by atomic mass is 35.5. The van der Waals surface area contributed by atoms with Gasteiger partial charge in [-0.3, -0.25) is 20.0 Å². The topological polar surface area (TPSA) is 92.2 Å². The molecule has 1 amide bonds. The van der Waals surface area contributed by atoms with Crippen LogP contribution in [0.1, 0.15) is 16.1 Å². The second-order valence-electron chi connectivity index (χ2n) is 4.60. The van der Waals surface area contributed by atoms with Crippen molar-refractivity contribution in [3.05, 3.63) is 54.9 Å². The molecule has 10 heteroatoms. The average Bonchev–Trinajstić information content (AvgIpc) is 2.87. The lowest BCUT2D eigenvalue weighted by atomic mass is 10.2. The van der Waals surface area contributed by atoms with Gasteiger partial charge in [-0.25, -0.2) is 4.98 Å². The number of hydrogen-bond acceptors (Lipinski definition) is 4. The van der Waals surface area contributed by atoms with Gasteiger partial charge in [0.25, 0.3) is 17.2 Å². The van der Waals surface area contributed by atoms with Gasteiger partial charge in [-0.1, -0.05) is 34.8 Å². The van der Waals surface area contributed by atoms with Gasteiger partial charge in [-0.15, -0.1) is 0 Å². The number of aromatic amines is 1. The van der Waals surface area contributed by atoms with E-state index >= 15 is 0 Å². The molecule has 23 heavy (non-hydrogen) atoms. The quantitative estimate of drug-likeness (QED) is 0.723. The van der Waals surface area contributed by atoms with Crippen LogP contribution in [0.5, 0.6) is 0 Å². The van der Waals surface area contributed by atoms with E-state index in [-0.39, 0.29) is 27.3 Å². The fourth-order valence-corrected chi connectivity index (χ4v) is 2.52. The van der Waals surface area contributed by atoms with E-state index in [4.69, 9.17) is 34.8 Å². The third-order valence-electron chi connectivity index (χ3n) is 3.01. The van der Waals surface area contributed by atoms with Crippen LogP contribution >= 0.6 is 34.8 Å². The maximum absolute atomic E-state index is 12.2. The zero-order chi connectivity index (χ0) is 16.7. The first-order valence-electron chi connectivity index (χ1n) is 6.28. The maximum Gasteiger partial charge on any atom is 0.293 e. The normalized spacial score (nSPS) is 11.0. The Bertz CT molecular complexity index is 995. The zero-order valence-corrected chi connectivity index (χ0v) is 13.8. The van der Waals surface area contributed by atoms with Gasteiger partial charge >= 0.3 is 0 Å². The predicted molar refractivity (Wildman–Crippen MR) is 87.8 cm³/mol. The van der Waals surface area contributed by atoms with Crippen molar-refractivity contribution in [3.8, 4) is 0 Å². The van der Waals surface area contributed by atoms with E-state index in [9.17, 15) is 9.59 Å². The molecule has 0 bridgehead atoms. The van der Waals surface area contributed by atoms with Gasteiger partial charge < -0.3 is 0 Å². The lowest BCUT2D eigenvalue weighted by Gasteiger charge is -2.04. The number of fused-ring (bicyclic) bond motifs is 1. The average molecular weight is 373 g/mol. The number of hydrogen-bond donors (Lipinski definition) is 2. The highest BCUT2D eigenvalue weighted by molar-refractivity contribution is 6.37. The van der Waals surface area contributed by atoms with Crippen molar-refractivity contribution in [2.75, 3.05) is 5.32 Å². The molecule has 1 aromatic carbocycles. The molecule has 0 aliphatic heterocycles. The monoisotopic (exact) mass is 371 g/mol. The van der Waals surface area contributed by atoms with E-state index in [2.05, 4.69) is 20.4 Å². The van der Waals surface area contributed by atoms with E-state index in [0.717, 1.165) is 4.52 Å². The van der Waals surface area contributed by atoms with E-state index in [0.29, 0.717) is 10.7 Å². The predicted octanol–water partition coefficient (Wildman–Crippen LogP) is 2.94. The molecule has 0 fully saturated rings. The number of nitrogens with zero attached hydrogens (tertiary/aromatic N) is 3. The van der Waals surface area contributed by atoms with Gasteiger partial charge in [0.15, 0.2) is 0 Å². The van der Waals surface area contributed by atoms with Gasteiger partial charge in [-0.05, 0) is 25.1 Å². The summed E-state index contributed by atoms with van der Waals surface area (Å²) in [6.45, 7) is 1.59. The maximum atomic E-state index is 12.2. The van der Waals surface area contributed by atoms with Crippen LogP contribution in [0, 0.1) is 6.92 Å². The minimum absolute atomic E-state index is 0.0234. The van der Waals surface area contributed by atoms with Crippen LogP contribution < -0.4 is 10.9 Å². The fourth-order valence-electron chi connectivity index (χ4n) is 1.90. The Hall–Kier alpha value is -2.09. The molecule has 0 aliphatic carbocycles. The Morgan fingerprint density at radius 1 is 1.26 bits per heavy atom. The van der Waals surface area contributed by atoms with Crippen molar-refractivity contribution in [2.45, 2.75) is 6.92 Å². The molecule has 2 heterocycles. The SMILES string of the molecule is Cc1nc2nc(NC(=O)c3ccc(Cl)cc3Cl)[nH]n2c(=O)c1Cl. The molecule has 0 aliphatic rings. The number of anilines is 1. The van der Waals surface area contributed by atoms with Gasteiger partial charge in [0.1, 0.15) is 5.02 Å². The smallest absolute Gasteiger partial charge is 0.291 e. The second kappa shape index (κ2) is 5.84. The standard InChI is InChI=1S/C13H8Cl3N5O2/c1-5-9(16)11(23)21-13(17-5)19-12(20-21)18-10(22)7-3-2-6(14)4-8(7)15/h2-4H,1H3,(H2,17,18,19,20,22). The number of nitrogens with one attached hydrogen (secondary N) is 2. The number of benzene rings is 1. The van der Waals surface area contributed by atoms with Crippen molar-refractivity contribution >= 4 is 52.4 Å². The minimum atomic E-state index is -0.512. The number of amides is 1. The summed E-state index contributed by atoms with van der Waals surface area (Å²) in [4.78, 5) is 32.3. The molecule has 2 N–H and O–H groups in total. The Morgan fingerprint density at radius 3 is 2.70 bits per heavy atom. The second-order valence-corrected chi connectivity index (χ2v) is 5.82. The Balaban J connectivity index is 1.97. The van der Waals surface area contributed by atoms with Crippen molar-refractivity contribution in [3.63, 3.8) is 0 Å². The fraction of sp³-hybridized carbons (Fsp3) is 0.0769. The summed E-state index contributed by atoms with van der Waals surface area (Å²) in [5, 5.41) is 5.69. The molecule has 7 nitrogen and oxygen atoms in total. The lowest BCUT2D eigenvalue weighted by Crippen LogP contribution is -2.17. The van der Waals surface area contributed by atoms with Gasteiger partial charge in [0.2, 0.25) is 5.95 Å². The van der Waals surface area contributed by atoms with Crippen LogP contribution in [-0.4, -0.2) is 25.5 Å². The summed E-state index contributed by atoms with van der Waals surface area (Å²) in [7, 11) is 0. The van der Waals surface area contributed by atoms with Gasteiger partial charge in [0, 0.05) is 5.02 Å². The van der Waals surface area contributed by atoms with Crippen LogP contribution in [0.25, 0.3) is 5.78 Å². The Morgan fingerprint density at radius 2 is 2.00 bits per heavy atom. The molecule has 3 aromatic rings. The molecule has 0 atom stereocenters. The van der Waals surface area contributed by atoms with E-state index in [1.165, 1.54) is 18.2 Å². The van der Waals surface area contributed by atoms with Crippen LogP contribution in [-0.2, 0) is 0 Å². The summed E-state index contributed by atoms with van der Waals surface area (Å²) in [5.41, 5.74) is 0.0551. The summed E-state index contributed by atoms with van der Waals surface area (Å²) in [5.74, 6) is -0.386. The van der Waals surface area contributed by atoms with Crippen molar-refractivity contribution in [1.82, 2.24) is 19.6 Å². The third-order valence-corrected chi connectivity index (χ3v) is 4.00. The molecule has 0 spiro atoms. The third kappa shape index (κ3) is 2.90. The molecule has 0 saturated carbocycles. The lowest BCUT2D eigenvalue weighted by molar-refractivity contribution is 0.102. The molecule has 0 unspecified atom stereocenters. The van der Waals surface area contributed by atoms with Crippen LogP contribution in [0.3, 0.4) is 0 Å². The molecule has 0 radical (unpaired) electrons. The number of rotatable bonds is 2. The number of aromatic nitrogens is 4. The minimum Gasteiger partial charge on any atom is -0.291 e. The molecular formula is C13H8Cl3N5O2. The molecule has 118 valence electrons. The first-order valence-corrected chi connectivity index (χ1v) is 7.41. The van der Waals surface area contributed by atoms with E-state index < -0.39 is 11.5 Å². The first kappa shape index (κ1) is 15.8. The van der Waals surface area contributed by atoms with Crippen molar-refractivity contribution in [2.24, 2.45) is 0 Å².